The van der Waals surface area contributed by atoms with Crippen LogP contribution in [0.3, 0.4) is 0 Å². The number of ketones is 1. The maximum atomic E-state index is 12.3. The zero-order valence-corrected chi connectivity index (χ0v) is 10.2. The van der Waals surface area contributed by atoms with E-state index in [2.05, 4.69) is 10.3 Å². The maximum Gasteiger partial charge on any atom is 0.189 e. The van der Waals surface area contributed by atoms with E-state index < -0.39 is 5.41 Å². The van der Waals surface area contributed by atoms with Crippen molar-refractivity contribution in [2.75, 3.05) is 6.54 Å². The molecular weight excluding hydrogens is 204 g/mol. The molecule has 1 aromatic rings. The summed E-state index contributed by atoms with van der Waals surface area (Å²) < 4.78 is 1.66. The Hall–Kier alpha value is -1.23. The lowest BCUT2D eigenvalue weighted by Gasteiger charge is -2.24. The maximum absolute atomic E-state index is 12.3. The molecular formula is C11H20N4O. The minimum Gasteiger partial charge on any atom is -0.329 e. The average molecular weight is 224 g/mol. The van der Waals surface area contributed by atoms with Gasteiger partial charge in [-0.05, 0) is 12.8 Å². The number of carbonyl (C=O) groups excluding carboxylic acids is 1. The van der Waals surface area contributed by atoms with Gasteiger partial charge in [0.15, 0.2) is 5.78 Å². The monoisotopic (exact) mass is 224 g/mol. The Morgan fingerprint density at radius 3 is 2.75 bits per heavy atom. The second kappa shape index (κ2) is 5.21. The molecule has 90 valence electrons. The van der Waals surface area contributed by atoms with Crippen LogP contribution >= 0.6 is 0 Å². The highest BCUT2D eigenvalue weighted by molar-refractivity contribution is 5.98. The molecule has 0 amide bonds. The van der Waals surface area contributed by atoms with E-state index in [1.54, 1.807) is 4.68 Å². The lowest BCUT2D eigenvalue weighted by molar-refractivity contribution is 0.0808. The number of hydrogen-bond donors (Lipinski definition) is 1. The fraction of sp³-hybridized carbons (Fsp3) is 0.727. The normalized spacial score (nSPS) is 14.8. The Balaban J connectivity index is 2.99. The van der Waals surface area contributed by atoms with Crippen LogP contribution in [0, 0.1) is 5.41 Å². The van der Waals surface area contributed by atoms with E-state index in [1.807, 2.05) is 20.8 Å². The van der Waals surface area contributed by atoms with Crippen LogP contribution in [0.15, 0.2) is 6.20 Å². The molecule has 16 heavy (non-hydrogen) atoms. The minimum absolute atomic E-state index is 0.0379. The van der Waals surface area contributed by atoms with Crippen LogP contribution in [0.2, 0.25) is 0 Å². The van der Waals surface area contributed by atoms with Crippen molar-refractivity contribution in [3.8, 4) is 0 Å². The molecule has 1 atom stereocenters. The zero-order chi connectivity index (χ0) is 12.2. The molecule has 0 aromatic carbocycles. The van der Waals surface area contributed by atoms with Gasteiger partial charge < -0.3 is 5.73 Å². The summed E-state index contributed by atoms with van der Waals surface area (Å²) in [4.78, 5) is 12.3. The Bertz CT molecular complexity index is 355. The molecule has 2 N–H and O–H groups in total. The van der Waals surface area contributed by atoms with Gasteiger partial charge in [-0.2, -0.15) is 0 Å². The quantitative estimate of drug-likeness (QED) is 0.738. The molecule has 0 aliphatic rings. The smallest absolute Gasteiger partial charge is 0.189 e. The lowest BCUT2D eigenvalue weighted by Crippen LogP contribution is -2.36. The van der Waals surface area contributed by atoms with Gasteiger partial charge in [0.1, 0.15) is 5.69 Å². The molecule has 1 unspecified atom stereocenters. The van der Waals surface area contributed by atoms with Crippen molar-refractivity contribution < 1.29 is 4.79 Å². The Labute approximate surface area is 96.0 Å². The van der Waals surface area contributed by atoms with Gasteiger partial charge in [-0.25, -0.2) is 4.68 Å². The molecule has 0 radical (unpaired) electrons. The van der Waals surface area contributed by atoms with Crippen molar-refractivity contribution in [2.45, 2.75) is 40.2 Å². The molecule has 1 aromatic heterocycles. The Morgan fingerprint density at radius 2 is 2.25 bits per heavy atom. The molecule has 0 bridgehead atoms. The summed E-state index contributed by atoms with van der Waals surface area (Å²) in [6.45, 7) is 6.96. The summed E-state index contributed by atoms with van der Waals surface area (Å²) in [5.74, 6) is 0.0379. The summed E-state index contributed by atoms with van der Waals surface area (Å²) in [6.07, 6.45) is 3.18. The molecule has 5 heteroatoms. The Kier molecular flexibility index (Phi) is 4.18. The van der Waals surface area contributed by atoms with Crippen molar-refractivity contribution in [3.63, 3.8) is 0 Å². The third-order valence-corrected chi connectivity index (χ3v) is 3.06. The first-order valence-electron chi connectivity index (χ1n) is 5.72. The van der Waals surface area contributed by atoms with E-state index in [1.165, 1.54) is 6.20 Å². The standard InChI is InChI=1S/C11H20N4O/c1-4-6-15-9(7-13-14-15)10(16)11(3,5-2)8-12/h7H,4-6,8,12H2,1-3H3. The SMILES string of the molecule is CCCn1nncc1C(=O)C(C)(CC)CN. The van der Waals surface area contributed by atoms with Gasteiger partial charge in [0, 0.05) is 18.5 Å². The predicted octanol–water partition coefficient (Wildman–Crippen LogP) is 1.25. The summed E-state index contributed by atoms with van der Waals surface area (Å²) in [7, 11) is 0. The first kappa shape index (κ1) is 12.8. The minimum atomic E-state index is -0.507. The van der Waals surface area contributed by atoms with E-state index in [9.17, 15) is 4.79 Å². The first-order valence-corrected chi connectivity index (χ1v) is 5.72. The van der Waals surface area contributed by atoms with Crippen LogP contribution in [0.5, 0.6) is 0 Å². The topological polar surface area (TPSA) is 73.8 Å². The largest absolute Gasteiger partial charge is 0.329 e. The first-order chi connectivity index (χ1) is 7.59. The lowest BCUT2D eigenvalue weighted by atomic mass is 9.82. The third-order valence-electron chi connectivity index (χ3n) is 3.06. The van der Waals surface area contributed by atoms with Crippen molar-refractivity contribution in [1.29, 1.82) is 0 Å². The van der Waals surface area contributed by atoms with Gasteiger partial charge in [-0.3, -0.25) is 4.79 Å². The van der Waals surface area contributed by atoms with Gasteiger partial charge in [-0.1, -0.05) is 26.0 Å². The van der Waals surface area contributed by atoms with E-state index in [-0.39, 0.29) is 5.78 Å². The number of rotatable bonds is 6. The van der Waals surface area contributed by atoms with E-state index in [4.69, 9.17) is 5.73 Å². The van der Waals surface area contributed by atoms with Gasteiger partial charge in [-0.15, -0.1) is 5.10 Å². The summed E-state index contributed by atoms with van der Waals surface area (Å²) in [6, 6.07) is 0. The van der Waals surface area contributed by atoms with Crippen LogP contribution in [0.1, 0.15) is 44.1 Å². The molecule has 0 aliphatic heterocycles. The molecule has 0 spiro atoms. The third kappa shape index (κ3) is 2.29. The van der Waals surface area contributed by atoms with E-state index in [0.717, 1.165) is 12.8 Å². The molecule has 0 saturated carbocycles. The predicted molar refractivity (Wildman–Crippen MR) is 62.1 cm³/mol. The highest BCUT2D eigenvalue weighted by atomic mass is 16.1. The molecule has 0 aliphatic carbocycles. The van der Waals surface area contributed by atoms with Crippen LogP contribution in [0.25, 0.3) is 0 Å². The van der Waals surface area contributed by atoms with Crippen molar-refractivity contribution in [1.82, 2.24) is 15.0 Å². The van der Waals surface area contributed by atoms with Gasteiger partial charge in [0.25, 0.3) is 0 Å². The van der Waals surface area contributed by atoms with Crippen molar-refractivity contribution in [2.24, 2.45) is 11.1 Å². The second-order valence-electron chi connectivity index (χ2n) is 4.29. The molecule has 1 heterocycles. The fourth-order valence-electron chi connectivity index (χ4n) is 1.52. The van der Waals surface area contributed by atoms with E-state index in [0.29, 0.717) is 18.8 Å². The van der Waals surface area contributed by atoms with Gasteiger partial charge in [0.05, 0.1) is 6.20 Å². The van der Waals surface area contributed by atoms with Crippen LogP contribution in [-0.2, 0) is 6.54 Å². The molecule has 0 saturated heterocycles. The average Bonchev–Trinajstić information content (AvgIpc) is 2.75. The Morgan fingerprint density at radius 1 is 1.56 bits per heavy atom. The highest BCUT2D eigenvalue weighted by Crippen LogP contribution is 2.24. The summed E-state index contributed by atoms with van der Waals surface area (Å²) in [5.41, 5.74) is 5.74. The number of nitrogens with two attached hydrogens (primary N) is 1. The number of hydrogen-bond acceptors (Lipinski definition) is 4. The number of aromatic nitrogens is 3. The van der Waals surface area contributed by atoms with Crippen molar-refractivity contribution >= 4 is 5.78 Å². The summed E-state index contributed by atoms with van der Waals surface area (Å²) in [5, 5.41) is 7.71. The molecule has 0 fully saturated rings. The second-order valence-corrected chi connectivity index (χ2v) is 4.29. The van der Waals surface area contributed by atoms with Gasteiger partial charge >= 0.3 is 0 Å². The summed E-state index contributed by atoms with van der Waals surface area (Å²) >= 11 is 0. The number of aryl methyl sites for hydroxylation is 1. The zero-order valence-electron chi connectivity index (χ0n) is 10.2. The fourth-order valence-corrected chi connectivity index (χ4v) is 1.52. The van der Waals surface area contributed by atoms with Crippen LogP contribution in [0.4, 0.5) is 0 Å². The van der Waals surface area contributed by atoms with E-state index >= 15 is 0 Å². The highest BCUT2D eigenvalue weighted by Gasteiger charge is 2.32. The van der Waals surface area contributed by atoms with Crippen LogP contribution < -0.4 is 5.73 Å². The number of Topliss-reactive ketones (excluding diaryl/α,β-unsaturated/α-hetero) is 1. The van der Waals surface area contributed by atoms with Crippen LogP contribution in [-0.4, -0.2) is 27.3 Å². The molecule has 5 nitrogen and oxygen atoms in total. The number of carbonyl (C=O) groups is 1. The molecule has 1 rings (SSSR count). The van der Waals surface area contributed by atoms with Crippen molar-refractivity contribution in [3.05, 3.63) is 11.9 Å². The number of nitrogens with zero attached hydrogens (tertiary/aromatic N) is 3. The van der Waals surface area contributed by atoms with Gasteiger partial charge in [0.2, 0.25) is 0 Å².